The summed E-state index contributed by atoms with van der Waals surface area (Å²) >= 11 is 0. The molecule has 0 spiro atoms. The number of benzene rings is 2. The minimum Gasteiger partial charge on any atom is -0.496 e. The van der Waals surface area contributed by atoms with E-state index in [1.54, 1.807) is 13.2 Å². The first-order valence-corrected chi connectivity index (χ1v) is 6.98. The second kappa shape index (κ2) is 6.44. The molecule has 3 nitrogen and oxygen atoms in total. The topological polar surface area (TPSA) is 35.5 Å². The summed E-state index contributed by atoms with van der Waals surface area (Å²) in [7, 11) is 1.66. The minimum absolute atomic E-state index is 0.324. The Hall–Kier alpha value is -2.29. The SMILES string of the molecule is COc1ccc(C(C)C)cc1-c1cccc(OC(C)=O)c1. The van der Waals surface area contributed by atoms with Crippen molar-refractivity contribution in [3.63, 3.8) is 0 Å². The Labute approximate surface area is 125 Å². The molecule has 110 valence electrons. The van der Waals surface area contributed by atoms with E-state index in [-0.39, 0.29) is 5.97 Å². The van der Waals surface area contributed by atoms with E-state index in [1.165, 1.54) is 12.5 Å². The van der Waals surface area contributed by atoms with Gasteiger partial charge in [-0.15, -0.1) is 0 Å². The van der Waals surface area contributed by atoms with Gasteiger partial charge in [-0.05, 0) is 41.3 Å². The van der Waals surface area contributed by atoms with E-state index in [1.807, 2.05) is 24.3 Å². The lowest BCUT2D eigenvalue weighted by atomic mass is 9.96. The van der Waals surface area contributed by atoms with Gasteiger partial charge in [0.05, 0.1) is 7.11 Å². The molecule has 0 aromatic heterocycles. The molecule has 0 fully saturated rings. The quantitative estimate of drug-likeness (QED) is 0.616. The predicted molar refractivity (Wildman–Crippen MR) is 83.8 cm³/mol. The lowest BCUT2D eigenvalue weighted by Crippen LogP contribution is -2.01. The lowest BCUT2D eigenvalue weighted by Gasteiger charge is -2.13. The number of hydrogen-bond acceptors (Lipinski definition) is 3. The van der Waals surface area contributed by atoms with Crippen LogP contribution >= 0.6 is 0 Å². The van der Waals surface area contributed by atoms with Crippen molar-refractivity contribution >= 4 is 5.97 Å². The largest absolute Gasteiger partial charge is 0.496 e. The van der Waals surface area contributed by atoms with Crippen molar-refractivity contribution in [3.8, 4) is 22.6 Å². The van der Waals surface area contributed by atoms with Gasteiger partial charge in [0, 0.05) is 12.5 Å². The molecule has 2 rings (SSSR count). The third-order valence-electron chi connectivity index (χ3n) is 3.30. The minimum atomic E-state index is -0.324. The average Bonchev–Trinajstić information content (AvgIpc) is 2.46. The van der Waals surface area contributed by atoms with Crippen LogP contribution in [0.4, 0.5) is 0 Å². The average molecular weight is 284 g/mol. The molecule has 0 N–H and O–H groups in total. The summed E-state index contributed by atoms with van der Waals surface area (Å²) in [6.45, 7) is 5.70. The van der Waals surface area contributed by atoms with Crippen molar-refractivity contribution in [2.45, 2.75) is 26.7 Å². The normalized spacial score (nSPS) is 10.5. The van der Waals surface area contributed by atoms with Crippen LogP contribution in [0.25, 0.3) is 11.1 Å². The van der Waals surface area contributed by atoms with Crippen LogP contribution in [0.2, 0.25) is 0 Å². The monoisotopic (exact) mass is 284 g/mol. The number of ether oxygens (including phenoxy) is 2. The predicted octanol–water partition coefficient (Wildman–Crippen LogP) is 4.41. The standard InChI is InChI=1S/C18H20O3/c1-12(2)14-8-9-18(20-4)17(11-14)15-6-5-7-16(10-15)21-13(3)19/h5-12H,1-4H3. The van der Waals surface area contributed by atoms with Crippen LogP contribution in [-0.4, -0.2) is 13.1 Å². The maximum atomic E-state index is 11.1. The first kappa shape index (κ1) is 15.1. The second-order valence-electron chi connectivity index (χ2n) is 5.24. The highest BCUT2D eigenvalue weighted by molar-refractivity contribution is 5.74. The summed E-state index contributed by atoms with van der Waals surface area (Å²) in [6, 6.07) is 13.6. The summed E-state index contributed by atoms with van der Waals surface area (Å²) in [5, 5.41) is 0. The fourth-order valence-corrected chi connectivity index (χ4v) is 2.20. The zero-order valence-electron chi connectivity index (χ0n) is 12.8. The van der Waals surface area contributed by atoms with Crippen molar-refractivity contribution < 1.29 is 14.3 Å². The Morgan fingerprint density at radius 2 is 1.86 bits per heavy atom. The van der Waals surface area contributed by atoms with Crippen LogP contribution < -0.4 is 9.47 Å². The van der Waals surface area contributed by atoms with E-state index in [2.05, 4.69) is 26.0 Å². The van der Waals surface area contributed by atoms with Crippen LogP contribution in [0.15, 0.2) is 42.5 Å². The summed E-state index contributed by atoms with van der Waals surface area (Å²) in [5.41, 5.74) is 3.20. The van der Waals surface area contributed by atoms with Crippen LogP contribution in [-0.2, 0) is 4.79 Å². The van der Waals surface area contributed by atoms with Gasteiger partial charge in [-0.3, -0.25) is 4.79 Å². The fourth-order valence-electron chi connectivity index (χ4n) is 2.20. The van der Waals surface area contributed by atoms with Gasteiger partial charge in [0.2, 0.25) is 0 Å². The van der Waals surface area contributed by atoms with E-state index in [0.29, 0.717) is 11.7 Å². The molecule has 0 unspecified atom stereocenters. The van der Waals surface area contributed by atoms with Gasteiger partial charge in [0.25, 0.3) is 0 Å². The zero-order chi connectivity index (χ0) is 15.4. The third-order valence-corrected chi connectivity index (χ3v) is 3.30. The van der Waals surface area contributed by atoms with Gasteiger partial charge in [0.1, 0.15) is 11.5 Å². The molecule has 0 atom stereocenters. The van der Waals surface area contributed by atoms with Gasteiger partial charge >= 0.3 is 5.97 Å². The molecule has 0 saturated heterocycles. The fraction of sp³-hybridized carbons (Fsp3) is 0.278. The van der Waals surface area contributed by atoms with E-state index in [9.17, 15) is 4.79 Å². The highest BCUT2D eigenvalue weighted by atomic mass is 16.5. The van der Waals surface area contributed by atoms with Crippen molar-refractivity contribution in [2.75, 3.05) is 7.11 Å². The van der Waals surface area contributed by atoms with E-state index < -0.39 is 0 Å². The molecule has 3 heteroatoms. The van der Waals surface area contributed by atoms with Crippen LogP contribution in [0.1, 0.15) is 32.3 Å². The maximum absolute atomic E-state index is 11.1. The molecule has 0 bridgehead atoms. The number of rotatable bonds is 4. The van der Waals surface area contributed by atoms with Crippen LogP contribution in [0.5, 0.6) is 11.5 Å². The van der Waals surface area contributed by atoms with Crippen LogP contribution in [0.3, 0.4) is 0 Å². The van der Waals surface area contributed by atoms with E-state index in [4.69, 9.17) is 9.47 Å². The zero-order valence-corrected chi connectivity index (χ0v) is 12.8. The van der Waals surface area contributed by atoms with Gasteiger partial charge in [-0.2, -0.15) is 0 Å². The molecule has 0 saturated carbocycles. The summed E-state index contributed by atoms with van der Waals surface area (Å²) in [6.07, 6.45) is 0. The third kappa shape index (κ3) is 3.63. The Bertz CT molecular complexity index is 645. The van der Waals surface area contributed by atoms with Gasteiger partial charge in [0.15, 0.2) is 0 Å². The highest BCUT2D eigenvalue weighted by Crippen LogP contribution is 2.34. The molecule has 0 radical (unpaired) electrons. The van der Waals surface area contributed by atoms with Crippen molar-refractivity contribution in [1.82, 2.24) is 0 Å². The molecular weight excluding hydrogens is 264 g/mol. The Morgan fingerprint density at radius 1 is 1.10 bits per heavy atom. The van der Waals surface area contributed by atoms with Gasteiger partial charge < -0.3 is 9.47 Å². The van der Waals surface area contributed by atoms with Crippen molar-refractivity contribution in [3.05, 3.63) is 48.0 Å². The number of carbonyl (C=O) groups excluding carboxylic acids is 1. The number of hydrogen-bond donors (Lipinski definition) is 0. The molecule has 0 heterocycles. The van der Waals surface area contributed by atoms with Crippen LogP contribution in [0, 0.1) is 0 Å². The molecule has 0 aliphatic rings. The Kier molecular flexibility index (Phi) is 4.63. The number of methoxy groups -OCH3 is 1. The van der Waals surface area contributed by atoms with Crippen molar-refractivity contribution in [1.29, 1.82) is 0 Å². The molecule has 21 heavy (non-hydrogen) atoms. The Balaban J connectivity index is 2.49. The highest BCUT2D eigenvalue weighted by Gasteiger charge is 2.10. The summed E-state index contributed by atoms with van der Waals surface area (Å²) in [4.78, 5) is 11.1. The smallest absolute Gasteiger partial charge is 0.308 e. The first-order chi connectivity index (χ1) is 10.0. The maximum Gasteiger partial charge on any atom is 0.308 e. The molecule has 0 amide bonds. The molecule has 0 aliphatic heterocycles. The summed E-state index contributed by atoms with van der Waals surface area (Å²) in [5.74, 6) is 1.46. The second-order valence-corrected chi connectivity index (χ2v) is 5.24. The summed E-state index contributed by atoms with van der Waals surface area (Å²) < 4.78 is 10.6. The Morgan fingerprint density at radius 3 is 2.48 bits per heavy atom. The lowest BCUT2D eigenvalue weighted by molar-refractivity contribution is -0.131. The molecule has 2 aromatic carbocycles. The van der Waals surface area contributed by atoms with E-state index >= 15 is 0 Å². The van der Waals surface area contributed by atoms with E-state index in [0.717, 1.165) is 16.9 Å². The number of carbonyl (C=O) groups is 1. The number of esters is 1. The molecule has 2 aromatic rings. The van der Waals surface area contributed by atoms with Gasteiger partial charge in [-0.1, -0.05) is 32.0 Å². The molecule has 0 aliphatic carbocycles. The molecular formula is C18H20O3. The first-order valence-electron chi connectivity index (χ1n) is 6.98. The van der Waals surface area contributed by atoms with Crippen molar-refractivity contribution in [2.24, 2.45) is 0 Å². The van der Waals surface area contributed by atoms with Gasteiger partial charge in [-0.25, -0.2) is 0 Å².